The largest absolute Gasteiger partial charge is 0.456 e. The second-order valence-electron chi connectivity index (χ2n) is 15.1. The summed E-state index contributed by atoms with van der Waals surface area (Å²) in [6.07, 6.45) is 0. The van der Waals surface area contributed by atoms with Crippen molar-refractivity contribution in [3.05, 3.63) is 182 Å². The van der Waals surface area contributed by atoms with Crippen molar-refractivity contribution in [2.24, 2.45) is 0 Å². The predicted molar refractivity (Wildman–Crippen MR) is 248 cm³/mol. The van der Waals surface area contributed by atoms with Crippen molar-refractivity contribution in [2.45, 2.75) is 0 Å². The molecule has 13 aromatic rings. The Morgan fingerprint density at radius 1 is 0.298 bits per heavy atom. The maximum atomic E-state index is 6.83. The highest BCUT2D eigenvalue weighted by atomic mass is 32.1. The maximum Gasteiger partial charge on any atom is 0.136 e. The number of thiophene rings is 2. The molecule has 0 aliphatic heterocycles. The van der Waals surface area contributed by atoms with Crippen LogP contribution in [-0.4, -0.2) is 0 Å². The molecule has 3 heteroatoms. The first-order valence-electron chi connectivity index (χ1n) is 19.4. The Balaban J connectivity index is 1.00. The third-order valence-corrected chi connectivity index (χ3v) is 14.5. The normalized spacial score (nSPS) is 12.2. The Bertz CT molecular complexity index is 3750. The van der Waals surface area contributed by atoms with Crippen LogP contribution in [0.15, 0.2) is 186 Å². The van der Waals surface area contributed by atoms with E-state index in [0.717, 1.165) is 33.1 Å². The van der Waals surface area contributed by atoms with Gasteiger partial charge in [-0.25, -0.2) is 0 Å². The van der Waals surface area contributed by atoms with E-state index >= 15 is 0 Å². The van der Waals surface area contributed by atoms with Crippen LogP contribution in [0.2, 0.25) is 0 Å². The topological polar surface area (TPSA) is 13.1 Å². The minimum absolute atomic E-state index is 0.899. The Morgan fingerprint density at radius 3 is 1.53 bits per heavy atom. The van der Waals surface area contributed by atoms with Gasteiger partial charge in [-0.15, -0.1) is 22.7 Å². The quantitative estimate of drug-likeness (QED) is 0.164. The van der Waals surface area contributed by atoms with E-state index in [1.165, 1.54) is 94.9 Å². The molecule has 0 amide bonds. The van der Waals surface area contributed by atoms with Crippen LogP contribution >= 0.6 is 22.7 Å². The van der Waals surface area contributed by atoms with E-state index in [-0.39, 0.29) is 0 Å². The molecule has 3 aromatic heterocycles. The van der Waals surface area contributed by atoms with Crippen molar-refractivity contribution in [1.82, 2.24) is 0 Å². The number of furan rings is 1. The third kappa shape index (κ3) is 4.50. The van der Waals surface area contributed by atoms with Crippen LogP contribution in [0.3, 0.4) is 0 Å². The summed E-state index contributed by atoms with van der Waals surface area (Å²) in [5.74, 6) is 0. The van der Waals surface area contributed by atoms with Crippen molar-refractivity contribution < 1.29 is 4.42 Å². The molecular weight excluding hydrogens is 729 g/mol. The molecule has 0 saturated carbocycles. The Morgan fingerprint density at radius 2 is 0.825 bits per heavy atom. The molecule has 10 aromatic carbocycles. The summed E-state index contributed by atoms with van der Waals surface area (Å²) in [4.78, 5) is 0. The molecular formula is C54H30OS2. The molecule has 0 radical (unpaired) electrons. The molecule has 1 nitrogen and oxygen atoms in total. The van der Waals surface area contributed by atoms with Crippen LogP contribution in [0.1, 0.15) is 0 Å². The van der Waals surface area contributed by atoms with Gasteiger partial charge in [-0.1, -0.05) is 140 Å². The first-order valence-corrected chi connectivity index (χ1v) is 21.0. The Hall–Kier alpha value is -6.78. The first kappa shape index (κ1) is 31.4. The van der Waals surface area contributed by atoms with Gasteiger partial charge in [0, 0.05) is 56.5 Å². The van der Waals surface area contributed by atoms with Crippen LogP contribution in [0.25, 0.3) is 128 Å². The fraction of sp³-hybridized carbons (Fsp3) is 0. The van der Waals surface area contributed by atoms with Gasteiger partial charge in [0.1, 0.15) is 11.2 Å². The first-order chi connectivity index (χ1) is 28.3. The van der Waals surface area contributed by atoms with Crippen LogP contribution < -0.4 is 0 Å². The van der Waals surface area contributed by atoms with E-state index in [9.17, 15) is 0 Å². The van der Waals surface area contributed by atoms with Crippen LogP contribution in [0.4, 0.5) is 0 Å². The summed E-state index contributed by atoms with van der Waals surface area (Å²) >= 11 is 3.83. The number of hydrogen-bond donors (Lipinski definition) is 0. The number of rotatable bonds is 3. The standard InChI is InChI=1S/C54H30OS2/c1-2-12-31(13-3-1)50-37-15-5-7-17-39(37)51(40-18-8-6-16-38(40)50)33-23-25-36-35-24-22-32(28-46(35)55-47(36)29-33)44-30-45-42-26-27-49-52(43-20-10-11-21-48(43)56-49)54(42)57-53(45)41-19-9-4-14-34(41)44/h1-30H. The van der Waals surface area contributed by atoms with Crippen LogP contribution in [0, 0.1) is 0 Å². The number of benzene rings is 10. The summed E-state index contributed by atoms with van der Waals surface area (Å²) < 4.78 is 12.3. The molecule has 0 saturated heterocycles. The van der Waals surface area contributed by atoms with Crippen molar-refractivity contribution in [3.8, 4) is 33.4 Å². The molecule has 264 valence electrons. The molecule has 0 N–H and O–H groups in total. The molecule has 0 atom stereocenters. The van der Waals surface area contributed by atoms with E-state index in [0.29, 0.717) is 0 Å². The predicted octanol–water partition coefficient (Wildman–Crippen LogP) is 16.8. The summed E-state index contributed by atoms with van der Waals surface area (Å²) in [6, 6.07) is 66.8. The average molecular weight is 759 g/mol. The summed E-state index contributed by atoms with van der Waals surface area (Å²) in [7, 11) is 0. The summed E-state index contributed by atoms with van der Waals surface area (Å²) in [6.45, 7) is 0. The lowest BCUT2D eigenvalue weighted by Crippen LogP contribution is -1.90. The average Bonchev–Trinajstić information content (AvgIpc) is 3.96. The Kier molecular flexibility index (Phi) is 6.54. The number of hydrogen-bond acceptors (Lipinski definition) is 3. The SMILES string of the molecule is c1ccc(-c2c3ccccc3c(-c3ccc4c(c3)oc3cc(-c5cc6c7ccc8sc9ccccc9c8c7sc6c6ccccc56)ccc34)c3ccccc23)cc1. The van der Waals surface area contributed by atoms with Crippen molar-refractivity contribution in [3.63, 3.8) is 0 Å². The van der Waals surface area contributed by atoms with Gasteiger partial charge in [-0.3, -0.25) is 0 Å². The lowest BCUT2D eigenvalue weighted by atomic mass is 9.86. The third-order valence-electron chi connectivity index (χ3n) is 12.1. The fourth-order valence-electron chi connectivity index (χ4n) is 9.56. The molecule has 0 aliphatic carbocycles. The van der Waals surface area contributed by atoms with Gasteiger partial charge in [0.05, 0.1) is 0 Å². The zero-order chi connectivity index (χ0) is 37.2. The van der Waals surface area contributed by atoms with Gasteiger partial charge in [0.2, 0.25) is 0 Å². The highest BCUT2D eigenvalue weighted by molar-refractivity contribution is 7.30. The second kappa shape index (κ2) is 11.9. The lowest BCUT2D eigenvalue weighted by Gasteiger charge is -2.17. The van der Waals surface area contributed by atoms with Gasteiger partial charge in [0.25, 0.3) is 0 Å². The number of fused-ring (bicyclic) bond motifs is 14. The van der Waals surface area contributed by atoms with Crippen molar-refractivity contribution in [1.29, 1.82) is 0 Å². The molecule has 0 spiro atoms. The second-order valence-corrected chi connectivity index (χ2v) is 17.2. The zero-order valence-corrected chi connectivity index (χ0v) is 32.2. The van der Waals surface area contributed by atoms with E-state index in [4.69, 9.17) is 4.42 Å². The van der Waals surface area contributed by atoms with Gasteiger partial charge in [-0.2, -0.15) is 0 Å². The maximum absolute atomic E-state index is 6.83. The zero-order valence-electron chi connectivity index (χ0n) is 30.5. The Labute approximate surface area is 335 Å². The molecule has 0 fully saturated rings. The van der Waals surface area contributed by atoms with Gasteiger partial charge in [0.15, 0.2) is 0 Å². The summed E-state index contributed by atoms with van der Waals surface area (Å²) in [5, 5.41) is 15.2. The molecule has 0 bridgehead atoms. The van der Waals surface area contributed by atoms with E-state index in [1.807, 2.05) is 22.7 Å². The van der Waals surface area contributed by atoms with Crippen LogP contribution in [-0.2, 0) is 0 Å². The van der Waals surface area contributed by atoms with Gasteiger partial charge < -0.3 is 4.42 Å². The monoisotopic (exact) mass is 758 g/mol. The molecule has 0 aliphatic rings. The van der Waals surface area contributed by atoms with Gasteiger partial charge in [-0.05, 0) is 103 Å². The fourth-order valence-corrected chi connectivity index (χ4v) is 12.1. The molecule has 3 heterocycles. The van der Waals surface area contributed by atoms with E-state index < -0.39 is 0 Å². The molecule has 0 unspecified atom stereocenters. The summed E-state index contributed by atoms with van der Waals surface area (Å²) in [5.41, 5.74) is 9.09. The van der Waals surface area contributed by atoms with E-state index in [2.05, 4.69) is 182 Å². The van der Waals surface area contributed by atoms with Gasteiger partial charge >= 0.3 is 0 Å². The minimum atomic E-state index is 0.899. The smallest absolute Gasteiger partial charge is 0.136 e. The molecule has 57 heavy (non-hydrogen) atoms. The highest BCUT2D eigenvalue weighted by Crippen LogP contribution is 2.49. The van der Waals surface area contributed by atoms with Crippen LogP contribution in [0.5, 0.6) is 0 Å². The lowest BCUT2D eigenvalue weighted by molar-refractivity contribution is 0.669. The highest BCUT2D eigenvalue weighted by Gasteiger charge is 2.20. The van der Waals surface area contributed by atoms with E-state index in [1.54, 1.807) is 0 Å². The van der Waals surface area contributed by atoms with Crippen molar-refractivity contribution in [2.75, 3.05) is 0 Å². The minimum Gasteiger partial charge on any atom is -0.456 e. The van der Waals surface area contributed by atoms with Crippen molar-refractivity contribution >= 4 is 117 Å². The molecule has 13 rings (SSSR count).